The van der Waals surface area contributed by atoms with Crippen LogP contribution in [0, 0.1) is 0 Å². The van der Waals surface area contributed by atoms with E-state index >= 15 is 0 Å². The van der Waals surface area contributed by atoms with Crippen LogP contribution in [0.25, 0.3) is 0 Å². The van der Waals surface area contributed by atoms with E-state index in [1.807, 2.05) is 0 Å². The summed E-state index contributed by atoms with van der Waals surface area (Å²) >= 11 is 0. The van der Waals surface area contributed by atoms with Crippen LogP contribution in [0.5, 0.6) is 0 Å². The van der Waals surface area contributed by atoms with Gasteiger partial charge in [-0.2, -0.15) is 0 Å². The van der Waals surface area contributed by atoms with E-state index in [4.69, 9.17) is 0 Å². The molecule has 28 heavy (non-hydrogen) atoms. The molecule has 0 radical (unpaired) electrons. The molecule has 0 unspecified atom stereocenters. The van der Waals surface area contributed by atoms with Gasteiger partial charge >= 0.3 is 0 Å². The minimum atomic E-state index is -1.69. The second-order valence-electron chi connectivity index (χ2n) is 7.40. The van der Waals surface area contributed by atoms with Gasteiger partial charge in [0.15, 0.2) is 0 Å². The largest absolute Gasteiger partial charge is 0.362 e. The van der Waals surface area contributed by atoms with Gasteiger partial charge in [0.05, 0.1) is 12.8 Å². The van der Waals surface area contributed by atoms with Gasteiger partial charge in [0.25, 0.3) is 0 Å². The fraction of sp³-hybridized carbons (Fsp3) is 0.200. The quantitative estimate of drug-likeness (QED) is 0.565. The van der Waals surface area contributed by atoms with Crippen LogP contribution in [0.4, 0.5) is 0 Å². The van der Waals surface area contributed by atoms with Gasteiger partial charge in [-0.1, -0.05) is 54.6 Å². The summed E-state index contributed by atoms with van der Waals surface area (Å²) in [6.45, 7) is 2.09. The zero-order chi connectivity index (χ0) is 19.2. The molecule has 1 aliphatic rings. The third-order valence-electron chi connectivity index (χ3n) is 5.47. The van der Waals surface area contributed by atoms with Crippen LogP contribution in [0.15, 0.2) is 103 Å². The molecule has 0 bridgehead atoms. The second kappa shape index (κ2) is 8.63. The van der Waals surface area contributed by atoms with E-state index in [-0.39, 0.29) is 0 Å². The molecule has 0 saturated carbocycles. The maximum absolute atomic E-state index is 2.41. The highest BCUT2D eigenvalue weighted by Gasteiger charge is 2.44. The molecule has 0 aromatic heterocycles. The first kappa shape index (κ1) is 18.8. The Labute approximate surface area is 169 Å². The fourth-order valence-electron chi connectivity index (χ4n) is 4.13. The van der Waals surface area contributed by atoms with Crippen molar-refractivity contribution in [3.05, 3.63) is 103 Å². The molecule has 0 saturated heterocycles. The highest BCUT2D eigenvalue weighted by Crippen LogP contribution is 2.55. The predicted octanol–water partition coefficient (Wildman–Crippen LogP) is 4.05. The van der Waals surface area contributed by atoms with Gasteiger partial charge in [0, 0.05) is 26.0 Å². The van der Waals surface area contributed by atoms with E-state index in [1.165, 1.54) is 28.5 Å². The Balaban J connectivity index is 1.73. The van der Waals surface area contributed by atoms with Crippen LogP contribution in [0.1, 0.15) is 6.42 Å². The molecule has 3 aromatic carbocycles. The molecule has 0 atom stereocenters. The van der Waals surface area contributed by atoms with Gasteiger partial charge in [0.2, 0.25) is 0 Å². The summed E-state index contributed by atoms with van der Waals surface area (Å²) in [7, 11) is 0.441. The van der Waals surface area contributed by atoms with Crippen molar-refractivity contribution in [3.8, 4) is 0 Å². The molecular formula is C25H28N2P+. The Kier molecular flexibility index (Phi) is 5.78. The van der Waals surface area contributed by atoms with E-state index in [1.54, 1.807) is 0 Å². The maximum Gasteiger partial charge on any atom is 0.112 e. The maximum atomic E-state index is 2.41. The standard InChI is InChI=1S/C25H28N2P/c1-26-19-20-27(22-26)18-11-21-28(23-12-5-2-6-13-23,24-14-7-3-8-15-24)25-16-9-4-10-17-25/h2-10,12-17,19-20H,11,18,21-22H2,1H3/q+1. The van der Waals surface area contributed by atoms with Gasteiger partial charge in [-0.25, -0.2) is 0 Å². The van der Waals surface area contributed by atoms with E-state index in [0.29, 0.717) is 0 Å². The third kappa shape index (κ3) is 3.84. The summed E-state index contributed by atoms with van der Waals surface area (Å²) in [6, 6.07) is 33.5. The Morgan fingerprint density at radius 1 is 0.679 bits per heavy atom. The monoisotopic (exact) mass is 387 g/mol. The second-order valence-corrected chi connectivity index (χ2v) is 11.0. The van der Waals surface area contributed by atoms with Crippen LogP contribution in [0.3, 0.4) is 0 Å². The first-order valence-electron chi connectivity index (χ1n) is 9.96. The molecule has 2 nitrogen and oxygen atoms in total. The van der Waals surface area contributed by atoms with Crippen molar-refractivity contribution < 1.29 is 0 Å². The molecule has 0 fully saturated rings. The molecule has 3 aromatic rings. The Morgan fingerprint density at radius 3 is 1.54 bits per heavy atom. The van der Waals surface area contributed by atoms with Crippen molar-refractivity contribution in [2.45, 2.75) is 6.42 Å². The van der Waals surface area contributed by atoms with Crippen LogP contribution in [-0.4, -0.2) is 36.2 Å². The van der Waals surface area contributed by atoms with Crippen molar-refractivity contribution in [2.24, 2.45) is 0 Å². The van der Waals surface area contributed by atoms with Crippen molar-refractivity contribution in [1.29, 1.82) is 0 Å². The number of hydrogen-bond donors (Lipinski definition) is 0. The van der Waals surface area contributed by atoms with E-state index in [0.717, 1.165) is 13.2 Å². The van der Waals surface area contributed by atoms with Crippen molar-refractivity contribution >= 4 is 23.2 Å². The van der Waals surface area contributed by atoms with Crippen LogP contribution >= 0.6 is 7.26 Å². The zero-order valence-electron chi connectivity index (χ0n) is 16.5. The molecular weight excluding hydrogens is 359 g/mol. The molecule has 0 amide bonds. The smallest absolute Gasteiger partial charge is 0.112 e. The minimum Gasteiger partial charge on any atom is -0.362 e. The SMILES string of the molecule is CN1C=CN(CCC[P+](c2ccccc2)(c2ccccc2)c2ccccc2)C1. The van der Waals surface area contributed by atoms with Crippen molar-refractivity contribution in [3.63, 3.8) is 0 Å². The number of benzene rings is 3. The van der Waals surface area contributed by atoms with E-state index in [2.05, 4.69) is 120 Å². The van der Waals surface area contributed by atoms with E-state index < -0.39 is 7.26 Å². The lowest BCUT2D eigenvalue weighted by Gasteiger charge is -2.28. The number of rotatable bonds is 7. The van der Waals surface area contributed by atoms with Gasteiger partial charge in [0.1, 0.15) is 23.2 Å². The highest BCUT2D eigenvalue weighted by atomic mass is 31.2. The number of nitrogens with zero attached hydrogens (tertiary/aromatic N) is 2. The summed E-state index contributed by atoms with van der Waals surface area (Å²) in [4.78, 5) is 4.64. The van der Waals surface area contributed by atoms with Gasteiger partial charge in [-0.3, -0.25) is 0 Å². The fourth-order valence-corrected chi connectivity index (χ4v) is 8.46. The van der Waals surface area contributed by atoms with Crippen molar-refractivity contribution in [2.75, 3.05) is 26.4 Å². The molecule has 142 valence electrons. The molecule has 4 rings (SSSR count). The summed E-state index contributed by atoms with van der Waals surface area (Å²) in [5.74, 6) is 0. The predicted molar refractivity (Wildman–Crippen MR) is 123 cm³/mol. The topological polar surface area (TPSA) is 6.48 Å². The summed E-state index contributed by atoms with van der Waals surface area (Å²) in [6.07, 6.45) is 6.73. The molecule has 1 heterocycles. The van der Waals surface area contributed by atoms with Crippen molar-refractivity contribution in [1.82, 2.24) is 9.80 Å². The first-order valence-corrected chi connectivity index (χ1v) is 11.9. The summed E-state index contributed by atoms with van der Waals surface area (Å²) < 4.78 is 0. The van der Waals surface area contributed by atoms with Crippen LogP contribution < -0.4 is 15.9 Å². The first-order chi connectivity index (χ1) is 13.8. The molecule has 0 aliphatic carbocycles. The summed E-state index contributed by atoms with van der Waals surface area (Å²) in [5.41, 5.74) is 0. The lowest BCUT2D eigenvalue weighted by Crippen LogP contribution is -2.34. The lowest BCUT2D eigenvalue weighted by molar-refractivity contribution is 0.297. The molecule has 1 aliphatic heterocycles. The molecule has 0 N–H and O–H groups in total. The lowest BCUT2D eigenvalue weighted by atomic mass is 10.3. The zero-order valence-corrected chi connectivity index (χ0v) is 17.4. The molecule has 0 spiro atoms. The summed E-state index contributed by atoms with van der Waals surface area (Å²) in [5, 5.41) is 4.42. The third-order valence-corrected chi connectivity index (χ3v) is 9.99. The normalized spacial score (nSPS) is 13.9. The average Bonchev–Trinajstić information content (AvgIpc) is 3.18. The van der Waals surface area contributed by atoms with Crippen LogP contribution in [0.2, 0.25) is 0 Å². The van der Waals surface area contributed by atoms with E-state index in [9.17, 15) is 0 Å². The highest BCUT2D eigenvalue weighted by molar-refractivity contribution is 7.95. The van der Waals surface area contributed by atoms with Gasteiger partial charge in [-0.15, -0.1) is 0 Å². The number of hydrogen-bond acceptors (Lipinski definition) is 2. The Hall–Kier alpha value is -2.57. The minimum absolute atomic E-state index is 0.994. The van der Waals surface area contributed by atoms with Crippen LogP contribution in [-0.2, 0) is 0 Å². The molecule has 3 heteroatoms. The van der Waals surface area contributed by atoms with Gasteiger partial charge < -0.3 is 9.80 Å². The Morgan fingerprint density at radius 2 is 1.14 bits per heavy atom. The Bertz CT molecular complexity index is 797. The average molecular weight is 387 g/mol. The van der Waals surface area contributed by atoms with Gasteiger partial charge in [-0.05, 0) is 42.8 Å².